The van der Waals surface area contributed by atoms with Crippen molar-refractivity contribution in [1.29, 1.82) is 0 Å². The first-order valence-electron chi connectivity index (χ1n) is 7.02. The van der Waals surface area contributed by atoms with Crippen molar-refractivity contribution in [2.45, 2.75) is 31.2 Å². The first-order chi connectivity index (χ1) is 11.3. The summed E-state index contributed by atoms with van der Waals surface area (Å²) in [5.41, 5.74) is 5.70. The number of nitro groups is 1. The molecule has 0 aliphatic heterocycles. The third-order valence-electron chi connectivity index (χ3n) is 3.33. The van der Waals surface area contributed by atoms with E-state index in [1.54, 1.807) is 0 Å². The van der Waals surface area contributed by atoms with E-state index in [1.165, 1.54) is 27.8 Å². The minimum absolute atomic E-state index is 0.00263. The van der Waals surface area contributed by atoms with Gasteiger partial charge in [-0.2, -0.15) is 8.42 Å². The molecule has 2 heterocycles. The van der Waals surface area contributed by atoms with Crippen LogP contribution < -0.4 is 5.73 Å². The van der Waals surface area contributed by atoms with Crippen LogP contribution in [0.15, 0.2) is 18.6 Å². The van der Waals surface area contributed by atoms with E-state index in [9.17, 15) is 23.1 Å². The largest absolute Gasteiger partial charge is 0.436 e. The molecule has 132 valence electrons. The van der Waals surface area contributed by atoms with Crippen LogP contribution in [0, 0.1) is 10.1 Å². The molecule has 0 aliphatic rings. The summed E-state index contributed by atoms with van der Waals surface area (Å²) >= 11 is 0. The Kier molecular flexibility index (Phi) is 5.58. The van der Waals surface area contributed by atoms with Crippen molar-refractivity contribution in [3.05, 3.63) is 34.4 Å². The first kappa shape index (κ1) is 18.0. The number of nitrogens with zero attached hydrogens (tertiary/aromatic N) is 6. The van der Waals surface area contributed by atoms with Crippen LogP contribution in [0.4, 0.5) is 5.95 Å². The lowest BCUT2D eigenvalue weighted by Gasteiger charge is -2.11. The van der Waals surface area contributed by atoms with Gasteiger partial charge in [0.15, 0.2) is 6.67 Å². The summed E-state index contributed by atoms with van der Waals surface area (Å²) in [5, 5.41) is 17.4. The Morgan fingerprint density at radius 1 is 1.46 bits per heavy atom. The van der Waals surface area contributed by atoms with Gasteiger partial charge in [0.25, 0.3) is 10.1 Å². The van der Waals surface area contributed by atoms with Crippen LogP contribution in [-0.4, -0.2) is 54.2 Å². The zero-order valence-corrected chi connectivity index (χ0v) is 13.4. The molecule has 0 aromatic carbocycles. The molecule has 0 saturated carbocycles. The molecule has 2 aromatic heterocycles. The molecule has 0 saturated heterocycles. The molecule has 0 bridgehead atoms. The SMILES string of the molecule is NCCCC(Cc1cn(Cn2ccnc2[N+](=O)[O-])nn1)S(=O)(=O)O. The predicted octanol–water partition coefficient (Wildman–Crippen LogP) is -0.574. The third kappa shape index (κ3) is 4.56. The van der Waals surface area contributed by atoms with Crippen molar-refractivity contribution < 1.29 is 17.9 Å². The van der Waals surface area contributed by atoms with Gasteiger partial charge in [-0.25, -0.2) is 9.25 Å². The molecular weight excluding hydrogens is 342 g/mol. The van der Waals surface area contributed by atoms with Crippen LogP contribution in [0.1, 0.15) is 18.5 Å². The van der Waals surface area contributed by atoms with Gasteiger partial charge in [0, 0.05) is 6.42 Å². The summed E-state index contributed by atoms with van der Waals surface area (Å²) in [6, 6.07) is 0. The molecule has 2 aromatic rings. The number of imidazole rings is 1. The van der Waals surface area contributed by atoms with Gasteiger partial charge in [0.2, 0.25) is 0 Å². The molecule has 3 N–H and O–H groups in total. The minimum Gasteiger partial charge on any atom is -0.390 e. The molecule has 1 atom stereocenters. The second kappa shape index (κ2) is 7.46. The molecule has 0 fully saturated rings. The molecule has 13 heteroatoms. The smallest absolute Gasteiger partial charge is 0.390 e. The van der Waals surface area contributed by atoms with Gasteiger partial charge in [-0.3, -0.25) is 4.55 Å². The van der Waals surface area contributed by atoms with E-state index < -0.39 is 20.3 Å². The summed E-state index contributed by atoms with van der Waals surface area (Å²) in [7, 11) is -4.23. The van der Waals surface area contributed by atoms with Crippen LogP contribution in [0.25, 0.3) is 0 Å². The van der Waals surface area contributed by atoms with Crippen molar-refractivity contribution in [1.82, 2.24) is 24.5 Å². The lowest BCUT2D eigenvalue weighted by Crippen LogP contribution is -2.24. The summed E-state index contributed by atoms with van der Waals surface area (Å²) in [4.78, 5) is 13.8. The Hall–Kier alpha value is -2.38. The van der Waals surface area contributed by atoms with Crippen LogP contribution in [0.2, 0.25) is 0 Å². The number of nitrogens with two attached hydrogens (primary N) is 1. The average Bonchev–Trinajstić information content (AvgIpc) is 3.12. The van der Waals surface area contributed by atoms with Gasteiger partial charge < -0.3 is 15.8 Å². The fraction of sp³-hybridized carbons (Fsp3) is 0.545. The van der Waals surface area contributed by atoms with Crippen LogP contribution >= 0.6 is 0 Å². The van der Waals surface area contributed by atoms with E-state index in [2.05, 4.69) is 15.3 Å². The van der Waals surface area contributed by atoms with Gasteiger partial charge in [-0.15, -0.1) is 5.10 Å². The third-order valence-corrected chi connectivity index (χ3v) is 4.57. The van der Waals surface area contributed by atoms with Gasteiger partial charge in [-0.1, -0.05) is 10.2 Å². The molecule has 1 unspecified atom stereocenters. The molecule has 0 radical (unpaired) electrons. The minimum atomic E-state index is -4.23. The van der Waals surface area contributed by atoms with E-state index in [1.807, 2.05) is 0 Å². The van der Waals surface area contributed by atoms with Gasteiger partial charge in [0.05, 0.1) is 17.1 Å². The van der Waals surface area contributed by atoms with E-state index >= 15 is 0 Å². The van der Waals surface area contributed by atoms with Crippen LogP contribution in [-0.2, 0) is 23.2 Å². The average molecular weight is 359 g/mol. The highest BCUT2D eigenvalue weighted by atomic mass is 32.2. The van der Waals surface area contributed by atoms with Gasteiger partial charge >= 0.3 is 5.95 Å². The molecular formula is C11H17N7O5S. The molecule has 12 nitrogen and oxygen atoms in total. The summed E-state index contributed by atoms with van der Waals surface area (Å²) in [6.45, 7) is 0.311. The van der Waals surface area contributed by atoms with Crippen molar-refractivity contribution >= 4 is 16.1 Å². The number of hydrogen-bond acceptors (Lipinski definition) is 8. The highest BCUT2D eigenvalue weighted by Gasteiger charge is 2.24. The molecule has 0 amide bonds. The second-order valence-corrected chi connectivity index (χ2v) is 6.81. The Morgan fingerprint density at radius 3 is 2.83 bits per heavy atom. The van der Waals surface area contributed by atoms with E-state index in [-0.39, 0.29) is 25.5 Å². The van der Waals surface area contributed by atoms with Crippen molar-refractivity contribution in [3.63, 3.8) is 0 Å². The Balaban J connectivity index is 2.09. The topological polar surface area (TPSA) is 172 Å². The lowest BCUT2D eigenvalue weighted by molar-refractivity contribution is -0.396. The van der Waals surface area contributed by atoms with Crippen molar-refractivity contribution in [2.24, 2.45) is 5.73 Å². The van der Waals surface area contributed by atoms with Crippen molar-refractivity contribution in [2.75, 3.05) is 6.54 Å². The zero-order chi connectivity index (χ0) is 17.7. The lowest BCUT2D eigenvalue weighted by atomic mass is 10.1. The van der Waals surface area contributed by atoms with Crippen molar-refractivity contribution in [3.8, 4) is 0 Å². The van der Waals surface area contributed by atoms with E-state index in [0.717, 1.165) is 0 Å². The maximum atomic E-state index is 11.4. The normalized spacial score (nSPS) is 13.1. The maximum absolute atomic E-state index is 11.4. The standard InChI is InChI=1S/C11H17N7O5S/c12-3-1-2-10(24(21,22)23)6-9-7-17(15-14-9)8-16-5-4-13-11(16)18(19)20/h4-5,7,10H,1-3,6,8,12H2,(H,21,22,23). The number of rotatable bonds is 9. The highest BCUT2D eigenvalue weighted by molar-refractivity contribution is 7.86. The Labute approximate surface area is 137 Å². The first-order valence-corrected chi connectivity index (χ1v) is 8.52. The maximum Gasteiger partial charge on any atom is 0.436 e. The quantitative estimate of drug-likeness (QED) is 0.337. The van der Waals surface area contributed by atoms with Gasteiger partial charge in [0.1, 0.15) is 12.4 Å². The summed E-state index contributed by atoms with van der Waals surface area (Å²) < 4.78 is 34.6. The number of hydrogen-bond donors (Lipinski definition) is 2. The van der Waals surface area contributed by atoms with Crippen LogP contribution in [0.5, 0.6) is 0 Å². The van der Waals surface area contributed by atoms with E-state index in [4.69, 9.17) is 5.73 Å². The molecule has 0 spiro atoms. The zero-order valence-electron chi connectivity index (χ0n) is 12.6. The molecule has 24 heavy (non-hydrogen) atoms. The molecule has 2 rings (SSSR count). The second-order valence-electron chi connectivity index (χ2n) is 5.12. The Bertz CT molecular complexity index is 799. The molecule has 0 aliphatic carbocycles. The van der Waals surface area contributed by atoms with Gasteiger partial charge in [-0.05, 0) is 24.3 Å². The monoisotopic (exact) mass is 359 g/mol. The fourth-order valence-corrected chi connectivity index (χ4v) is 3.02. The number of aromatic nitrogens is 5. The Morgan fingerprint density at radius 2 is 2.21 bits per heavy atom. The fourth-order valence-electron chi connectivity index (χ4n) is 2.18. The van der Waals surface area contributed by atoms with Crippen LogP contribution in [0.3, 0.4) is 0 Å². The van der Waals surface area contributed by atoms with E-state index in [0.29, 0.717) is 18.7 Å². The summed E-state index contributed by atoms with van der Waals surface area (Å²) in [6.07, 6.45) is 4.79. The highest BCUT2D eigenvalue weighted by Crippen LogP contribution is 2.13. The predicted molar refractivity (Wildman–Crippen MR) is 81.6 cm³/mol. The summed E-state index contributed by atoms with van der Waals surface area (Å²) in [5.74, 6) is -0.342.